The zero-order valence-corrected chi connectivity index (χ0v) is 29.7. The Kier molecular flexibility index (Phi) is 11.9. The second-order valence-electron chi connectivity index (χ2n) is 12.1. The van der Waals surface area contributed by atoms with Gasteiger partial charge in [-0.3, -0.25) is 24.1 Å². The minimum Gasteiger partial charge on any atom is -0.508 e. The highest BCUT2D eigenvalue weighted by Gasteiger charge is 2.64. The van der Waals surface area contributed by atoms with Crippen molar-refractivity contribution in [3.05, 3.63) is 41.7 Å². The minimum atomic E-state index is -1.25. The number of benzene rings is 1. The summed E-state index contributed by atoms with van der Waals surface area (Å²) in [7, 11) is 2.68. The lowest BCUT2D eigenvalue weighted by molar-refractivity contribution is -0.163. The fraction of sp³-hybridized carbons (Fsp3) is 0.516. The van der Waals surface area contributed by atoms with E-state index in [1.165, 1.54) is 68.6 Å². The molecule has 0 bridgehead atoms. The standard InChI is InChI=1S/C31H35N3O14S3/c1-31(2)24(29(42)43)34-26(39)22(27(34)51-31)32-25(38)17(15-3-5-16(35)6-4-15)13-21(37)45-9-11-49-50-12-10-47-30(44)46-8-7-18-23(28(40)41)33-19(36)14-20(33)48-18/h3-7,17,20,22-24,27,35H,8-14H2,1-2H3,(H,32,38)(H,40,41)(H,42,43)/b18-7+/t17?,20-,22-,23-,24?,27-/m1/s1. The van der Waals surface area contributed by atoms with Crippen LogP contribution in [0.5, 0.6) is 5.75 Å². The molecule has 0 spiro atoms. The van der Waals surface area contributed by atoms with E-state index in [0.29, 0.717) is 17.1 Å². The van der Waals surface area contributed by atoms with Crippen molar-refractivity contribution in [3.63, 3.8) is 0 Å². The number of fused-ring (bicyclic) bond motifs is 2. The number of carbonyl (C=O) groups excluding carboxylic acids is 5. The molecule has 51 heavy (non-hydrogen) atoms. The molecule has 4 fully saturated rings. The van der Waals surface area contributed by atoms with E-state index in [1.807, 2.05) is 0 Å². The van der Waals surface area contributed by atoms with E-state index in [-0.39, 0.29) is 50.1 Å². The van der Waals surface area contributed by atoms with Gasteiger partial charge in [-0.25, -0.2) is 14.4 Å². The number of nitrogens with one attached hydrogen (secondary N) is 1. The molecule has 0 aliphatic carbocycles. The van der Waals surface area contributed by atoms with Gasteiger partial charge in [-0.1, -0.05) is 33.7 Å². The van der Waals surface area contributed by atoms with Gasteiger partial charge in [0.1, 0.15) is 48.8 Å². The lowest BCUT2D eigenvalue weighted by Gasteiger charge is -2.44. The van der Waals surface area contributed by atoms with Gasteiger partial charge in [0, 0.05) is 16.3 Å². The molecule has 4 aliphatic heterocycles. The first kappa shape index (κ1) is 37.9. The summed E-state index contributed by atoms with van der Waals surface area (Å²) in [4.78, 5) is 88.2. The largest absolute Gasteiger partial charge is 0.508 e. The molecule has 0 aromatic heterocycles. The van der Waals surface area contributed by atoms with Gasteiger partial charge in [-0.05, 0) is 37.6 Å². The van der Waals surface area contributed by atoms with Crippen LogP contribution in [0.1, 0.15) is 38.2 Å². The molecule has 1 aromatic carbocycles. The number of rotatable bonds is 16. The molecule has 5 rings (SSSR count). The summed E-state index contributed by atoms with van der Waals surface area (Å²) in [5.41, 5.74) is 0.409. The van der Waals surface area contributed by atoms with Crippen LogP contribution in [0.25, 0.3) is 0 Å². The number of aliphatic carboxylic acids is 2. The molecule has 17 nitrogen and oxygen atoms in total. The van der Waals surface area contributed by atoms with Crippen molar-refractivity contribution in [2.24, 2.45) is 0 Å². The van der Waals surface area contributed by atoms with Crippen molar-refractivity contribution in [1.82, 2.24) is 15.1 Å². The van der Waals surface area contributed by atoms with E-state index in [9.17, 15) is 48.9 Å². The number of hydrogen-bond acceptors (Lipinski definition) is 15. The lowest BCUT2D eigenvalue weighted by Crippen LogP contribution is -2.70. The summed E-state index contributed by atoms with van der Waals surface area (Å²) in [6.45, 7) is 3.16. The highest BCUT2D eigenvalue weighted by atomic mass is 33.1. The highest BCUT2D eigenvalue weighted by Crippen LogP contribution is 2.51. The first-order valence-electron chi connectivity index (χ1n) is 15.6. The first-order valence-corrected chi connectivity index (χ1v) is 19.0. The quantitative estimate of drug-likeness (QED) is 0.0807. The smallest absolute Gasteiger partial charge is 0.508 e. The topological polar surface area (TPSA) is 236 Å². The monoisotopic (exact) mass is 769 g/mol. The van der Waals surface area contributed by atoms with E-state index >= 15 is 0 Å². The van der Waals surface area contributed by atoms with Crippen LogP contribution in [0.4, 0.5) is 4.79 Å². The fourth-order valence-electron chi connectivity index (χ4n) is 5.96. The second kappa shape index (κ2) is 15.9. The van der Waals surface area contributed by atoms with Gasteiger partial charge in [0.15, 0.2) is 12.3 Å². The number of nitrogens with zero attached hydrogens (tertiary/aromatic N) is 2. The number of phenolic OH excluding ortho intramolecular Hbond substituents is 1. The Morgan fingerprint density at radius 2 is 1.69 bits per heavy atom. The van der Waals surface area contributed by atoms with Gasteiger partial charge >= 0.3 is 24.1 Å². The van der Waals surface area contributed by atoms with E-state index in [1.54, 1.807) is 13.8 Å². The number of amides is 3. The molecule has 4 heterocycles. The maximum atomic E-state index is 13.4. The Hall–Kier alpha value is -4.30. The Morgan fingerprint density at radius 3 is 2.31 bits per heavy atom. The number of β-lactam (4-membered cyclic amide) rings is 2. The molecule has 6 atom stereocenters. The number of ether oxygens (including phenoxy) is 4. The average Bonchev–Trinajstić information content (AvgIpc) is 3.51. The van der Waals surface area contributed by atoms with Gasteiger partial charge in [0.25, 0.3) is 0 Å². The molecule has 4 aliphatic rings. The zero-order chi connectivity index (χ0) is 37.0. The number of carboxylic acid groups (broad SMARTS) is 2. The summed E-state index contributed by atoms with van der Waals surface area (Å²) < 4.78 is 19.8. The third-order valence-corrected chi connectivity index (χ3v) is 12.2. The molecular weight excluding hydrogens is 735 g/mol. The predicted octanol–water partition coefficient (Wildman–Crippen LogP) is 1.50. The number of carboxylic acids is 2. The van der Waals surface area contributed by atoms with Crippen LogP contribution in [-0.2, 0) is 47.7 Å². The van der Waals surface area contributed by atoms with E-state index in [4.69, 9.17) is 18.9 Å². The van der Waals surface area contributed by atoms with Crippen LogP contribution in [0.2, 0.25) is 0 Å². The normalized spacial score (nSPS) is 25.5. The number of hydrogen-bond donors (Lipinski definition) is 4. The lowest BCUT2D eigenvalue weighted by atomic mass is 9.92. The molecular formula is C31H35N3O14S3. The Morgan fingerprint density at radius 1 is 1.02 bits per heavy atom. The minimum absolute atomic E-state index is 0.00393. The van der Waals surface area contributed by atoms with Crippen LogP contribution in [0.15, 0.2) is 36.1 Å². The summed E-state index contributed by atoms with van der Waals surface area (Å²) in [5, 5.41) is 30.8. The molecule has 20 heteroatoms. The summed E-state index contributed by atoms with van der Waals surface area (Å²) in [5.74, 6) is -4.85. The molecule has 4 saturated heterocycles. The molecule has 0 radical (unpaired) electrons. The molecule has 4 N–H and O–H groups in total. The number of carbonyl (C=O) groups is 7. The molecule has 1 aromatic rings. The van der Waals surface area contributed by atoms with Crippen molar-refractivity contribution in [2.75, 3.05) is 31.3 Å². The number of phenols is 1. The summed E-state index contributed by atoms with van der Waals surface area (Å²) in [6, 6.07) is 2.45. The Labute approximate surface area is 303 Å². The number of aromatic hydroxyl groups is 1. The van der Waals surface area contributed by atoms with Crippen LogP contribution in [0, 0.1) is 0 Å². The van der Waals surface area contributed by atoms with Crippen molar-refractivity contribution in [2.45, 2.75) is 67.1 Å². The fourth-order valence-corrected chi connectivity index (χ4v) is 9.24. The maximum Gasteiger partial charge on any atom is 0.508 e. The highest BCUT2D eigenvalue weighted by molar-refractivity contribution is 8.76. The zero-order valence-electron chi connectivity index (χ0n) is 27.3. The predicted molar refractivity (Wildman–Crippen MR) is 180 cm³/mol. The SMILES string of the molecule is CC1(C)S[C@@H]2[C@H](NC(=O)C(CC(=O)OCCSSCCOC(=O)OC/C=C3/O[C@@H]4CC(=O)N4[C@H]3C(=O)O)c3ccc(O)cc3)C(=O)N2C1C(=O)O. The first-order chi connectivity index (χ1) is 24.2. The van der Waals surface area contributed by atoms with Crippen LogP contribution >= 0.6 is 33.3 Å². The van der Waals surface area contributed by atoms with Crippen LogP contribution in [0.3, 0.4) is 0 Å². The van der Waals surface area contributed by atoms with Crippen LogP contribution < -0.4 is 5.32 Å². The van der Waals surface area contributed by atoms with E-state index in [0.717, 1.165) is 4.90 Å². The number of esters is 1. The average molecular weight is 770 g/mol. The van der Waals surface area contributed by atoms with Gasteiger partial charge in [-0.2, -0.15) is 0 Å². The summed E-state index contributed by atoms with van der Waals surface area (Å²) in [6.07, 6.45) is -0.598. The van der Waals surface area contributed by atoms with Crippen molar-refractivity contribution >= 4 is 75.1 Å². The van der Waals surface area contributed by atoms with E-state index < -0.39 is 76.3 Å². The van der Waals surface area contributed by atoms with Crippen LogP contribution in [-0.4, -0.2) is 133 Å². The molecule has 3 amide bonds. The Balaban J connectivity index is 0.993. The molecule has 0 saturated carbocycles. The number of thioether (sulfide) groups is 1. The van der Waals surface area contributed by atoms with Gasteiger partial charge in [0.2, 0.25) is 17.7 Å². The maximum absolute atomic E-state index is 13.4. The van der Waals surface area contributed by atoms with Gasteiger partial charge in [0.05, 0.1) is 18.8 Å². The third-order valence-electron chi connectivity index (χ3n) is 8.34. The van der Waals surface area contributed by atoms with E-state index in [2.05, 4.69) is 5.32 Å². The molecule has 2 unspecified atom stereocenters. The van der Waals surface area contributed by atoms with Crippen molar-refractivity contribution < 1.29 is 67.8 Å². The van der Waals surface area contributed by atoms with Gasteiger partial charge < -0.3 is 44.5 Å². The van der Waals surface area contributed by atoms with Gasteiger partial charge in [-0.15, -0.1) is 11.8 Å². The van der Waals surface area contributed by atoms with Crippen molar-refractivity contribution in [3.8, 4) is 5.75 Å². The molecule has 276 valence electrons. The Bertz CT molecular complexity index is 1610. The van der Waals surface area contributed by atoms with Crippen molar-refractivity contribution in [1.29, 1.82) is 0 Å². The second-order valence-corrected chi connectivity index (χ2v) is 16.6. The summed E-state index contributed by atoms with van der Waals surface area (Å²) >= 11 is 1.28. The third kappa shape index (κ3) is 8.44.